The SMILES string of the molecule is NC1(Cc2csc3ccccc23)CCS(=O)(=O)C1. The fourth-order valence-corrected chi connectivity index (χ4v) is 5.58. The van der Waals surface area contributed by atoms with Crippen molar-refractivity contribution in [3.63, 3.8) is 0 Å². The van der Waals surface area contributed by atoms with E-state index in [4.69, 9.17) is 5.73 Å². The molecule has 2 heterocycles. The average molecular weight is 281 g/mol. The second-order valence-corrected chi connectivity index (χ2v) is 8.23. The van der Waals surface area contributed by atoms with Gasteiger partial charge in [-0.15, -0.1) is 11.3 Å². The van der Waals surface area contributed by atoms with Gasteiger partial charge in [-0.25, -0.2) is 8.42 Å². The summed E-state index contributed by atoms with van der Waals surface area (Å²) in [7, 11) is -2.93. The highest BCUT2D eigenvalue weighted by Crippen LogP contribution is 2.31. The Morgan fingerprint density at radius 3 is 2.83 bits per heavy atom. The smallest absolute Gasteiger partial charge is 0.152 e. The van der Waals surface area contributed by atoms with Crippen molar-refractivity contribution in [2.75, 3.05) is 11.5 Å². The molecule has 3 nitrogen and oxygen atoms in total. The minimum atomic E-state index is -2.93. The lowest BCUT2D eigenvalue weighted by Gasteiger charge is -2.21. The monoisotopic (exact) mass is 281 g/mol. The molecule has 18 heavy (non-hydrogen) atoms. The Morgan fingerprint density at radius 1 is 1.33 bits per heavy atom. The van der Waals surface area contributed by atoms with E-state index in [0.29, 0.717) is 12.8 Å². The second kappa shape index (κ2) is 4.05. The van der Waals surface area contributed by atoms with Crippen LogP contribution in [0.2, 0.25) is 0 Å². The van der Waals surface area contributed by atoms with Crippen molar-refractivity contribution in [2.24, 2.45) is 5.73 Å². The largest absolute Gasteiger partial charge is 0.324 e. The number of fused-ring (bicyclic) bond motifs is 1. The fraction of sp³-hybridized carbons (Fsp3) is 0.385. The van der Waals surface area contributed by atoms with Gasteiger partial charge in [-0.2, -0.15) is 0 Å². The molecule has 1 fully saturated rings. The molecule has 0 radical (unpaired) electrons. The molecule has 1 atom stereocenters. The Balaban J connectivity index is 1.93. The molecule has 1 aromatic heterocycles. The van der Waals surface area contributed by atoms with Crippen molar-refractivity contribution >= 4 is 31.3 Å². The third-order valence-corrected chi connectivity index (χ3v) is 6.38. The van der Waals surface area contributed by atoms with Crippen LogP contribution in [0.1, 0.15) is 12.0 Å². The van der Waals surface area contributed by atoms with Gasteiger partial charge in [0.1, 0.15) is 0 Å². The quantitative estimate of drug-likeness (QED) is 0.915. The van der Waals surface area contributed by atoms with E-state index in [0.717, 1.165) is 0 Å². The molecule has 2 aromatic rings. The maximum atomic E-state index is 11.6. The zero-order valence-corrected chi connectivity index (χ0v) is 11.6. The Bertz CT molecular complexity index is 690. The van der Waals surface area contributed by atoms with Gasteiger partial charge >= 0.3 is 0 Å². The number of thiophene rings is 1. The number of nitrogens with two attached hydrogens (primary N) is 1. The molecule has 0 aliphatic carbocycles. The summed E-state index contributed by atoms with van der Waals surface area (Å²) >= 11 is 1.69. The predicted molar refractivity (Wildman–Crippen MR) is 75.7 cm³/mol. The average Bonchev–Trinajstić information content (AvgIpc) is 2.82. The predicted octanol–water partition coefficient (Wildman–Crippen LogP) is 1.96. The molecule has 3 rings (SSSR count). The van der Waals surface area contributed by atoms with Crippen LogP contribution in [0.5, 0.6) is 0 Å². The van der Waals surface area contributed by atoms with Crippen LogP contribution < -0.4 is 5.73 Å². The highest BCUT2D eigenvalue weighted by atomic mass is 32.2. The summed E-state index contributed by atoms with van der Waals surface area (Å²) in [6.45, 7) is 0. The number of hydrogen-bond donors (Lipinski definition) is 1. The van der Waals surface area contributed by atoms with Gasteiger partial charge in [0.05, 0.1) is 11.5 Å². The first-order valence-corrected chi connectivity index (χ1v) is 8.62. The highest BCUT2D eigenvalue weighted by molar-refractivity contribution is 7.91. The molecule has 5 heteroatoms. The van der Waals surface area contributed by atoms with Crippen LogP contribution >= 0.6 is 11.3 Å². The first-order valence-electron chi connectivity index (χ1n) is 5.92. The maximum Gasteiger partial charge on any atom is 0.152 e. The normalized spacial score (nSPS) is 26.7. The zero-order valence-electron chi connectivity index (χ0n) is 9.93. The lowest BCUT2D eigenvalue weighted by Crippen LogP contribution is -2.43. The standard InChI is InChI=1S/C13H15NO2S2/c14-13(5-6-18(15,16)9-13)7-10-8-17-12-4-2-1-3-11(10)12/h1-4,8H,5-7,9,14H2. The van der Waals surface area contributed by atoms with E-state index in [9.17, 15) is 8.42 Å². The van der Waals surface area contributed by atoms with Gasteiger partial charge in [-0.1, -0.05) is 18.2 Å². The fourth-order valence-electron chi connectivity index (χ4n) is 2.63. The van der Waals surface area contributed by atoms with Crippen LogP contribution in [0.3, 0.4) is 0 Å². The van der Waals surface area contributed by atoms with Crippen molar-refractivity contribution in [3.8, 4) is 0 Å². The summed E-state index contributed by atoms with van der Waals surface area (Å²) in [4.78, 5) is 0. The van der Waals surface area contributed by atoms with Gasteiger partial charge in [0.15, 0.2) is 9.84 Å². The van der Waals surface area contributed by atoms with Crippen molar-refractivity contribution in [1.82, 2.24) is 0 Å². The molecule has 0 bridgehead atoms. The van der Waals surface area contributed by atoms with Crippen LogP contribution in [-0.4, -0.2) is 25.5 Å². The number of sulfone groups is 1. The van der Waals surface area contributed by atoms with Crippen molar-refractivity contribution in [1.29, 1.82) is 0 Å². The molecule has 1 saturated heterocycles. The summed E-state index contributed by atoms with van der Waals surface area (Å²) < 4.78 is 24.4. The van der Waals surface area contributed by atoms with E-state index in [1.165, 1.54) is 15.6 Å². The third kappa shape index (κ3) is 2.18. The summed E-state index contributed by atoms with van der Waals surface area (Å²) in [5, 5.41) is 3.31. The van der Waals surface area contributed by atoms with Crippen molar-refractivity contribution < 1.29 is 8.42 Å². The van der Waals surface area contributed by atoms with Gasteiger partial charge in [-0.3, -0.25) is 0 Å². The van der Waals surface area contributed by atoms with E-state index >= 15 is 0 Å². The van der Waals surface area contributed by atoms with E-state index in [1.807, 2.05) is 12.1 Å². The lowest BCUT2D eigenvalue weighted by molar-refractivity contribution is 0.478. The summed E-state index contributed by atoms with van der Waals surface area (Å²) in [5.74, 6) is 0.343. The third-order valence-electron chi connectivity index (χ3n) is 3.52. The molecule has 0 amide bonds. The topological polar surface area (TPSA) is 60.2 Å². The van der Waals surface area contributed by atoms with Crippen LogP contribution in [0.15, 0.2) is 29.6 Å². The summed E-state index contributed by atoms with van der Waals surface area (Å²) in [6, 6.07) is 8.18. The van der Waals surface area contributed by atoms with Crippen LogP contribution in [0.4, 0.5) is 0 Å². The number of hydrogen-bond acceptors (Lipinski definition) is 4. The van der Waals surface area contributed by atoms with Crippen LogP contribution in [0, 0.1) is 0 Å². The Morgan fingerprint density at radius 2 is 2.11 bits per heavy atom. The number of benzene rings is 1. The zero-order chi connectivity index (χ0) is 12.8. The van der Waals surface area contributed by atoms with E-state index in [-0.39, 0.29) is 11.5 Å². The molecule has 2 N–H and O–H groups in total. The summed E-state index contributed by atoms with van der Waals surface area (Å²) in [6.07, 6.45) is 1.22. The van der Waals surface area contributed by atoms with Crippen LogP contribution in [0.25, 0.3) is 10.1 Å². The van der Waals surface area contributed by atoms with Gasteiger partial charge in [0.25, 0.3) is 0 Å². The first-order chi connectivity index (χ1) is 8.48. The minimum absolute atomic E-state index is 0.115. The molecule has 96 valence electrons. The Hall–Kier alpha value is -0.910. The van der Waals surface area contributed by atoms with Gasteiger partial charge in [0, 0.05) is 10.2 Å². The summed E-state index contributed by atoms with van der Waals surface area (Å²) in [5.41, 5.74) is 6.84. The molecule has 1 aliphatic rings. The molecular weight excluding hydrogens is 266 g/mol. The molecular formula is C13H15NO2S2. The van der Waals surface area contributed by atoms with Crippen molar-refractivity contribution in [3.05, 3.63) is 35.2 Å². The number of rotatable bonds is 2. The molecule has 1 aromatic carbocycles. The van der Waals surface area contributed by atoms with Gasteiger partial charge in [0.2, 0.25) is 0 Å². The Labute approximate surface area is 111 Å². The van der Waals surface area contributed by atoms with Gasteiger partial charge < -0.3 is 5.73 Å². The molecule has 1 unspecified atom stereocenters. The highest BCUT2D eigenvalue weighted by Gasteiger charge is 2.39. The minimum Gasteiger partial charge on any atom is -0.324 e. The molecule has 0 spiro atoms. The van der Waals surface area contributed by atoms with E-state index in [2.05, 4.69) is 17.5 Å². The second-order valence-electron chi connectivity index (χ2n) is 5.14. The Kier molecular flexibility index (Phi) is 2.73. The lowest BCUT2D eigenvalue weighted by atomic mass is 9.91. The van der Waals surface area contributed by atoms with E-state index < -0.39 is 15.4 Å². The maximum absolute atomic E-state index is 11.6. The van der Waals surface area contributed by atoms with E-state index in [1.54, 1.807) is 11.3 Å². The molecule has 0 saturated carbocycles. The molecule has 1 aliphatic heterocycles. The van der Waals surface area contributed by atoms with Crippen molar-refractivity contribution in [2.45, 2.75) is 18.4 Å². The first kappa shape index (κ1) is 12.1. The van der Waals surface area contributed by atoms with Gasteiger partial charge in [-0.05, 0) is 35.2 Å². The van der Waals surface area contributed by atoms with Crippen LogP contribution in [-0.2, 0) is 16.3 Å².